The van der Waals surface area contributed by atoms with Gasteiger partial charge in [-0.3, -0.25) is 4.79 Å². The lowest BCUT2D eigenvalue weighted by Gasteiger charge is -2.20. The van der Waals surface area contributed by atoms with Crippen molar-refractivity contribution in [1.29, 1.82) is 0 Å². The molecule has 1 aromatic carbocycles. The fraction of sp³-hybridized carbons (Fsp3) is 0.562. The average molecular weight is 278 g/mol. The molecule has 112 valence electrons. The number of para-hydroxylation sites is 1. The summed E-state index contributed by atoms with van der Waals surface area (Å²) in [7, 11) is 0. The van der Waals surface area contributed by atoms with Crippen molar-refractivity contribution in [3.63, 3.8) is 0 Å². The van der Waals surface area contributed by atoms with Crippen LogP contribution in [0.15, 0.2) is 24.3 Å². The highest BCUT2D eigenvalue weighted by molar-refractivity contribution is 5.99. The van der Waals surface area contributed by atoms with E-state index in [4.69, 9.17) is 0 Å². The summed E-state index contributed by atoms with van der Waals surface area (Å²) in [5, 5.41) is 16.0. The minimum absolute atomic E-state index is 0.147. The predicted octanol–water partition coefficient (Wildman–Crippen LogP) is 2.65. The Kier molecular flexibility index (Phi) is 7.09. The van der Waals surface area contributed by atoms with E-state index in [1.807, 2.05) is 25.1 Å². The fourth-order valence-corrected chi connectivity index (χ4v) is 2.32. The van der Waals surface area contributed by atoms with Crippen molar-refractivity contribution in [2.24, 2.45) is 5.92 Å². The molecule has 0 heterocycles. The number of rotatable bonds is 8. The molecule has 0 aromatic heterocycles. The van der Waals surface area contributed by atoms with E-state index in [9.17, 15) is 9.90 Å². The van der Waals surface area contributed by atoms with Crippen LogP contribution in [0.1, 0.15) is 44.0 Å². The molecule has 0 fully saturated rings. The van der Waals surface area contributed by atoms with Crippen LogP contribution in [0.25, 0.3) is 0 Å². The van der Waals surface area contributed by atoms with Crippen LogP contribution in [0.3, 0.4) is 0 Å². The molecule has 1 amide bonds. The monoisotopic (exact) mass is 278 g/mol. The third-order valence-corrected chi connectivity index (χ3v) is 3.60. The minimum atomic E-state index is -0.486. The Labute approximate surface area is 121 Å². The molecule has 3 N–H and O–H groups in total. The maximum atomic E-state index is 12.2. The van der Waals surface area contributed by atoms with Gasteiger partial charge in [0, 0.05) is 18.8 Å². The van der Waals surface area contributed by atoms with Crippen LogP contribution < -0.4 is 10.6 Å². The third-order valence-electron chi connectivity index (χ3n) is 3.60. The molecular formula is C16H26N2O2. The smallest absolute Gasteiger partial charge is 0.253 e. The molecule has 1 unspecified atom stereocenters. The summed E-state index contributed by atoms with van der Waals surface area (Å²) in [5.41, 5.74) is 1.44. The van der Waals surface area contributed by atoms with Gasteiger partial charge < -0.3 is 15.7 Å². The first-order valence-corrected chi connectivity index (χ1v) is 7.43. The van der Waals surface area contributed by atoms with Crippen LogP contribution in [0.5, 0.6) is 0 Å². The zero-order valence-corrected chi connectivity index (χ0v) is 12.6. The lowest BCUT2D eigenvalue weighted by atomic mass is 9.96. The molecule has 0 aliphatic rings. The van der Waals surface area contributed by atoms with E-state index in [-0.39, 0.29) is 11.8 Å². The van der Waals surface area contributed by atoms with Gasteiger partial charge in [-0.05, 0) is 25.0 Å². The molecule has 0 radical (unpaired) electrons. The standard InChI is InChI=1S/C16H26N2O2/c1-4-12(5-2)15(19)11-18-16(20)13-9-7-8-10-14(13)17-6-3/h7-10,12,15,17,19H,4-6,11H2,1-3H3,(H,18,20). The molecule has 1 atom stereocenters. The molecule has 0 spiro atoms. The van der Waals surface area contributed by atoms with Crippen LogP contribution in [0, 0.1) is 5.92 Å². The maximum Gasteiger partial charge on any atom is 0.253 e. The Morgan fingerprint density at radius 1 is 1.20 bits per heavy atom. The topological polar surface area (TPSA) is 61.4 Å². The number of hydrogen-bond donors (Lipinski definition) is 3. The number of nitrogens with one attached hydrogen (secondary N) is 2. The van der Waals surface area contributed by atoms with Crippen molar-refractivity contribution >= 4 is 11.6 Å². The van der Waals surface area contributed by atoms with Crippen LogP contribution >= 0.6 is 0 Å². The molecule has 0 aliphatic heterocycles. The largest absolute Gasteiger partial charge is 0.391 e. The van der Waals surface area contributed by atoms with Crippen LogP contribution in [0.2, 0.25) is 0 Å². The number of carbonyl (C=O) groups excluding carboxylic acids is 1. The number of carbonyl (C=O) groups is 1. The predicted molar refractivity (Wildman–Crippen MR) is 83.0 cm³/mol. The Hall–Kier alpha value is -1.55. The van der Waals surface area contributed by atoms with E-state index < -0.39 is 6.10 Å². The number of benzene rings is 1. The highest BCUT2D eigenvalue weighted by Gasteiger charge is 2.17. The summed E-state index contributed by atoms with van der Waals surface area (Å²) in [6, 6.07) is 7.41. The highest BCUT2D eigenvalue weighted by Crippen LogP contribution is 2.15. The first-order chi connectivity index (χ1) is 9.63. The van der Waals surface area contributed by atoms with Crippen molar-refractivity contribution in [2.45, 2.75) is 39.7 Å². The van der Waals surface area contributed by atoms with Gasteiger partial charge in [-0.2, -0.15) is 0 Å². The minimum Gasteiger partial charge on any atom is -0.391 e. The Morgan fingerprint density at radius 2 is 1.85 bits per heavy atom. The van der Waals surface area contributed by atoms with E-state index in [0.29, 0.717) is 12.1 Å². The van der Waals surface area contributed by atoms with Crippen LogP contribution in [0.4, 0.5) is 5.69 Å². The van der Waals surface area contributed by atoms with Crippen molar-refractivity contribution < 1.29 is 9.90 Å². The zero-order chi connectivity index (χ0) is 15.0. The molecule has 0 saturated heterocycles. The number of anilines is 1. The summed E-state index contributed by atoms with van der Waals surface area (Å²) >= 11 is 0. The normalized spacial score (nSPS) is 12.2. The number of amides is 1. The van der Waals surface area contributed by atoms with E-state index in [1.165, 1.54) is 0 Å². The van der Waals surface area contributed by atoms with E-state index >= 15 is 0 Å². The highest BCUT2D eigenvalue weighted by atomic mass is 16.3. The quantitative estimate of drug-likeness (QED) is 0.685. The molecule has 0 aliphatic carbocycles. The van der Waals surface area contributed by atoms with Crippen LogP contribution in [-0.2, 0) is 0 Å². The van der Waals surface area contributed by atoms with E-state index in [0.717, 1.165) is 25.1 Å². The van der Waals surface area contributed by atoms with Crippen molar-refractivity contribution in [3.05, 3.63) is 29.8 Å². The lowest BCUT2D eigenvalue weighted by molar-refractivity contribution is 0.0817. The molecular weight excluding hydrogens is 252 g/mol. The van der Waals surface area contributed by atoms with Crippen molar-refractivity contribution in [1.82, 2.24) is 5.32 Å². The molecule has 4 nitrogen and oxygen atoms in total. The fourth-order valence-electron chi connectivity index (χ4n) is 2.32. The van der Waals surface area contributed by atoms with E-state index in [2.05, 4.69) is 24.5 Å². The number of aliphatic hydroxyl groups excluding tert-OH is 1. The summed E-state index contributed by atoms with van der Waals surface area (Å²) in [6.45, 7) is 7.16. The van der Waals surface area contributed by atoms with Gasteiger partial charge >= 0.3 is 0 Å². The second kappa shape index (κ2) is 8.59. The second-order valence-corrected chi connectivity index (χ2v) is 4.93. The Morgan fingerprint density at radius 3 is 2.45 bits per heavy atom. The first kappa shape index (κ1) is 16.5. The van der Waals surface area contributed by atoms with Crippen molar-refractivity contribution in [2.75, 3.05) is 18.4 Å². The average Bonchev–Trinajstić information content (AvgIpc) is 2.47. The Balaban J connectivity index is 2.63. The Bertz CT molecular complexity index is 417. The SMILES string of the molecule is CCNc1ccccc1C(=O)NCC(O)C(CC)CC. The molecule has 4 heteroatoms. The van der Waals surface area contributed by atoms with Gasteiger partial charge in [0.15, 0.2) is 0 Å². The summed E-state index contributed by atoms with van der Waals surface area (Å²) in [5.74, 6) is 0.0888. The van der Waals surface area contributed by atoms with Gasteiger partial charge in [-0.25, -0.2) is 0 Å². The van der Waals surface area contributed by atoms with Crippen LogP contribution in [-0.4, -0.2) is 30.2 Å². The van der Waals surface area contributed by atoms with Gasteiger partial charge in [0.25, 0.3) is 5.91 Å². The molecule has 1 rings (SSSR count). The molecule has 0 bridgehead atoms. The summed E-state index contributed by atoms with van der Waals surface area (Å²) in [6.07, 6.45) is 1.35. The molecule has 0 saturated carbocycles. The van der Waals surface area contributed by atoms with Gasteiger partial charge in [0.05, 0.1) is 11.7 Å². The zero-order valence-electron chi connectivity index (χ0n) is 12.6. The number of aliphatic hydroxyl groups is 1. The van der Waals surface area contributed by atoms with Gasteiger partial charge in [-0.15, -0.1) is 0 Å². The third kappa shape index (κ3) is 4.53. The maximum absolute atomic E-state index is 12.2. The van der Waals surface area contributed by atoms with Gasteiger partial charge in [0.2, 0.25) is 0 Å². The summed E-state index contributed by atoms with van der Waals surface area (Å²) in [4.78, 5) is 12.2. The molecule has 1 aromatic rings. The first-order valence-electron chi connectivity index (χ1n) is 7.43. The van der Waals surface area contributed by atoms with Crippen molar-refractivity contribution in [3.8, 4) is 0 Å². The lowest BCUT2D eigenvalue weighted by Crippen LogP contribution is -2.36. The summed E-state index contributed by atoms with van der Waals surface area (Å²) < 4.78 is 0. The second-order valence-electron chi connectivity index (χ2n) is 4.93. The van der Waals surface area contributed by atoms with Gasteiger partial charge in [-0.1, -0.05) is 38.8 Å². The number of hydrogen-bond acceptors (Lipinski definition) is 3. The van der Waals surface area contributed by atoms with Gasteiger partial charge in [0.1, 0.15) is 0 Å². The van der Waals surface area contributed by atoms with E-state index in [1.54, 1.807) is 6.07 Å². The molecule has 20 heavy (non-hydrogen) atoms.